The van der Waals surface area contributed by atoms with Gasteiger partial charge in [0.25, 0.3) is 0 Å². The van der Waals surface area contributed by atoms with Gasteiger partial charge in [0.15, 0.2) is 0 Å². The number of halogens is 1. The van der Waals surface area contributed by atoms with Gasteiger partial charge in [-0.25, -0.2) is 4.39 Å². The number of aliphatic hydroxyl groups is 1. The third kappa shape index (κ3) is 3.45. The molecule has 2 N–H and O–H groups in total. The lowest BCUT2D eigenvalue weighted by Gasteiger charge is -2.41. The molecule has 1 aromatic carbocycles. The van der Waals surface area contributed by atoms with Crippen molar-refractivity contribution >= 4 is 5.69 Å². The molecule has 1 fully saturated rings. The van der Waals surface area contributed by atoms with Crippen LogP contribution in [0.2, 0.25) is 0 Å². The molecule has 0 aliphatic carbocycles. The first-order valence-electron chi connectivity index (χ1n) is 6.94. The standard InChI is InChI=1S/C15H22FNO2/c1-2-5-12-10-15(11-18,8-9-19-12)17-14-7-4-3-6-13(14)16/h3-4,6-7,12,17-18H,2,5,8-11H2,1H3. The molecule has 0 saturated carbocycles. The summed E-state index contributed by atoms with van der Waals surface area (Å²) in [6.45, 7) is 2.71. The van der Waals surface area contributed by atoms with Crippen molar-refractivity contribution in [3.8, 4) is 0 Å². The van der Waals surface area contributed by atoms with E-state index in [-0.39, 0.29) is 18.5 Å². The number of hydrogen-bond acceptors (Lipinski definition) is 3. The van der Waals surface area contributed by atoms with Gasteiger partial charge in [-0.1, -0.05) is 25.5 Å². The monoisotopic (exact) mass is 267 g/mol. The maximum Gasteiger partial charge on any atom is 0.146 e. The van der Waals surface area contributed by atoms with E-state index in [2.05, 4.69) is 12.2 Å². The van der Waals surface area contributed by atoms with E-state index in [1.165, 1.54) is 6.07 Å². The highest BCUT2D eigenvalue weighted by atomic mass is 19.1. The van der Waals surface area contributed by atoms with Gasteiger partial charge in [-0.2, -0.15) is 0 Å². The molecular weight excluding hydrogens is 245 g/mol. The minimum Gasteiger partial charge on any atom is -0.394 e. The Morgan fingerprint density at radius 2 is 2.26 bits per heavy atom. The van der Waals surface area contributed by atoms with Crippen LogP contribution < -0.4 is 5.32 Å². The van der Waals surface area contributed by atoms with Gasteiger partial charge < -0.3 is 15.2 Å². The molecule has 0 amide bonds. The topological polar surface area (TPSA) is 41.5 Å². The average Bonchev–Trinajstić information content (AvgIpc) is 2.42. The summed E-state index contributed by atoms with van der Waals surface area (Å²) in [7, 11) is 0. The lowest BCUT2D eigenvalue weighted by molar-refractivity contribution is -0.0300. The fourth-order valence-electron chi connectivity index (χ4n) is 2.67. The van der Waals surface area contributed by atoms with E-state index in [0.29, 0.717) is 25.1 Å². The zero-order valence-electron chi connectivity index (χ0n) is 11.4. The van der Waals surface area contributed by atoms with Crippen molar-refractivity contribution in [2.45, 2.75) is 44.2 Å². The zero-order valence-corrected chi connectivity index (χ0v) is 11.4. The second-order valence-electron chi connectivity index (χ2n) is 5.28. The smallest absolute Gasteiger partial charge is 0.146 e. The summed E-state index contributed by atoms with van der Waals surface area (Å²) in [4.78, 5) is 0. The maximum absolute atomic E-state index is 13.7. The molecule has 1 aliphatic heterocycles. The molecule has 1 aliphatic rings. The molecule has 0 radical (unpaired) electrons. The summed E-state index contributed by atoms with van der Waals surface area (Å²) in [5, 5.41) is 12.9. The largest absolute Gasteiger partial charge is 0.394 e. The van der Waals surface area contributed by atoms with Crippen LogP contribution in [0, 0.1) is 5.82 Å². The van der Waals surface area contributed by atoms with Gasteiger partial charge in [-0.3, -0.25) is 0 Å². The van der Waals surface area contributed by atoms with Gasteiger partial charge in [-0.05, 0) is 31.4 Å². The molecule has 4 heteroatoms. The molecule has 0 aromatic heterocycles. The molecule has 106 valence electrons. The van der Waals surface area contributed by atoms with Crippen molar-refractivity contribution in [1.29, 1.82) is 0 Å². The van der Waals surface area contributed by atoms with Crippen LogP contribution in [0.15, 0.2) is 24.3 Å². The first kappa shape index (κ1) is 14.3. The van der Waals surface area contributed by atoms with Gasteiger partial charge in [-0.15, -0.1) is 0 Å². The second-order valence-corrected chi connectivity index (χ2v) is 5.28. The van der Waals surface area contributed by atoms with Crippen molar-refractivity contribution < 1.29 is 14.2 Å². The minimum atomic E-state index is -0.472. The van der Waals surface area contributed by atoms with E-state index in [1.54, 1.807) is 18.2 Å². The quantitative estimate of drug-likeness (QED) is 0.862. The number of benzene rings is 1. The van der Waals surface area contributed by atoms with Crippen LogP contribution >= 0.6 is 0 Å². The Hall–Kier alpha value is -1.13. The summed E-state index contributed by atoms with van der Waals surface area (Å²) in [5.41, 5.74) is -0.0194. The van der Waals surface area contributed by atoms with Crippen LogP contribution in [0.3, 0.4) is 0 Å². The highest BCUT2D eigenvalue weighted by Gasteiger charge is 2.36. The fourth-order valence-corrected chi connectivity index (χ4v) is 2.67. The van der Waals surface area contributed by atoms with Crippen LogP contribution in [0.5, 0.6) is 0 Å². The Kier molecular flexibility index (Phi) is 4.77. The van der Waals surface area contributed by atoms with Crippen molar-refractivity contribution in [2.24, 2.45) is 0 Å². The Balaban J connectivity index is 2.11. The highest BCUT2D eigenvalue weighted by Crippen LogP contribution is 2.31. The Bertz CT molecular complexity index is 411. The van der Waals surface area contributed by atoms with E-state index < -0.39 is 5.54 Å². The summed E-state index contributed by atoms with van der Waals surface area (Å²) in [6.07, 6.45) is 3.57. The lowest BCUT2D eigenvalue weighted by atomic mass is 9.85. The first-order valence-corrected chi connectivity index (χ1v) is 6.94. The van der Waals surface area contributed by atoms with Gasteiger partial charge in [0.05, 0.1) is 23.9 Å². The SMILES string of the molecule is CCCC1CC(CO)(Nc2ccccc2F)CCO1. The summed E-state index contributed by atoms with van der Waals surface area (Å²) < 4.78 is 19.4. The van der Waals surface area contributed by atoms with E-state index >= 15 is 0 Å². The van der Waals surface area contributed by atoms with Crippen LogP contribution in [-0.2, 0) is 4.74 Å². The van der Waals surface area contributed by atoms with E-state index in [4.69, 9.17) is 4.74 Å². The normalized spacial score (nSPS) is 27.2. The van der Waals surface area contributed by atoms with Crippen LogP contribution in [0.4, 0.5) is 10.1 Å². The summed E-state index contributed by atoms with van der Waals surface area (Å²) in [6, 6.07) is 6.59. The molecule has 1 saturated heterocycles. The van der Waals surface area contributed by atoms with E-state index in [1.807, 2.05) is 0 Å². The van der Waals surface area contributed by atoms with Crippen molar-refractivity contribution in [1.82, 2.24) is 0 Å². The highest BCUT2D eigenvalue weighted by molar-refractivity contribution is 5.47. The van der Waals surface area contributed by atoms with Gasteiger partial charge in [0, 0.05) is 6.61 Å². The van der Waals surface area contributed by atoms with E-state index in [0.717, 1.165) is 12.8 Å². The molecule has 2 rings (SSSR count). The molecule has 0 bridgehead atoms. The first-order chi connectivity index (χ1) is 9.19. The van der Waals surface area contributed by atoms with Crippen LogP contribution in [0.25, 0.3) is 0 Å². The third-order valence-electron chi connectivity index (χ3n) is 3.74. The van der Waals surface area contributed by atoms with Crippen molar-refractivity contribution in [2.75, 3.05) is 18.5 Å². The summed E-state index contributed by atoms with van der Waals surface area (Å²) >= 11 is 0. The van der Waals surface area contributed by atoms with Gasteiger partial charge >= 0.3 is 0 Å². The maximum atomic E-state index is 13.7. The van der Waals surface area contributed by atoms with Crippen LogP contribution in [0.1, 0.15) is 32.6 Å². The number of nitrogens with one attached hydrogen (secondary N) is 1. The number of hydrogen-bond donors (Lipinski definition) is 2. The Morgan fingerprint density at radius 1 is 1.47 bits per heavy atom. The second kappa shape index (κ2) is 6.35. The Labute approximate surface area is 113 Å². The minimum absolute atomic E-state index is 0.00902. The molecule has 2 atom stereocenters. The number of para-hydroxylation sites is 1. The average molecular weight is 267 g/mol. The van der Waals surface area contributed by atoms with Gasteiger partial charge in [0.2, 0.25) is 0 Å². The predicted molar refractivity (Wildman–Crippen MR) is 73.7 cm³/mol. The lowest BCUT2D eigenvalue weighted by Crippen LogP contribution is -2.50. The number of rotatable bonds is 5. The predicted octanol–water partition coefficient (Wildman–Crippen LogP) is 2.95. The Morgan fingerprint density at radius 3 is 2.95 bits per heavy atom. The molecule has 1 aromatic rings. The number of aliphatic hydroxyl groups excluding tert-OH is 1. The zero-order chi connectivity index (χ0) is 13.7. The fraction of sp³-hybridized carbons (Fsp3) is 0.600. The van der Waals surface area contributed by atoms with Crippen LogP contribution in [-0.4, -0.2) is 30.0 Å². The molecule has 19 heavy (non-hydrogen) atoms. The van der Waals surface area contributed by atoms with E-state index in [9.17, 15) is 9.50 Å². The third-order valence-corrected chi connectivity index (χ3v) is 3.74. The number of ether oxygens (including phenoxy) is 1. The molecule has 0 spiro atoms. The molecular formula is C15H22FNO2. The van der Waals surface area contributed by atoms with Gasteiger partial charge in [0.1, 0.15) is 5.82 Å². The van der Waals surface area contributed by atoms with Crippen molar-refractivity contribution in [3.05, 3.63) is 30.1 Å². The summed E-state index contributed by atoms with van der Waals surface area (Å²) in [5.74, 6) is -0.283. The number of anilines is 1. The molecule has 3 nitrogen and oxygen atoms in total. The molecule has 2 unspecified atom stereocenters. The van der Waals surface area contributed by atoms with Crippen molar-refractivity contribution in [3.63, 3.8) is 0 Å². The molecule has 1 heterocycles.